The predicted octanol–water partition coefficient (Wildman–Crippen LogP) is 2.61. The number of nitrogens with one attached hydrogen (secondary N) is 3. The van der Waals surface area contributed by atoms with Gasteiger partial charge < -0.3 is 25.4 Å². The fraction of sp³-hybridized carbons (Fsp3) is 0.633. The van der Waals surface area contributed by atoms with Crippen molar-refractivity contribution in [1.29, 1.82) is 0 Å². The van der Waals surface area contributed by atoms with Gasteiger partial charge >= 0.3 is 6.09 Å². The predicted molar refractivity (Wildman–Crippen MR) is 164 cm³/mol. The minimum atomic E-state index is -3.98. The number of sulfonamides is 1. The number of carbonyl (C=O) groups excluding carboxylic acids is 3. The highest BCUT2D eigenvalue weighted by Crippen LogP contribution is 2.47. The van der Waals surface area contributed by atoms with Crippen LogP contribution in [0.5, 0.6) is 5.88 Å². The van der Waals surface area contributed by atoms with Crippen LogP contribution >= 0.6 is 11.6 Å². The number of fused-ring (bicyclic) bond motifs is 2. The zero-order valence-electron chi connectivity index (χ0n) is 25.5. The molecule has 2 saturated carbocycles. The lowest BCUT2D eigenvalue weighted by Crippen LogP contribution is -2.59. The van der Waals surface area contributed by atoms with Gasteiger partial charge in [-0.3, -0.25) is 19.1 Å². The summed E-state index contributed by atoms with van der Waals surface area (Å²) in [6, 6.07) is 0.924. The zero-order valence-corrected chi connectivity index (χ0v) is 27.1. The van der Waals surface area contributed by atoms with E-state index in [2.05, 4.69) is 20.3 Å². The Hall–Kier alpha value is -3.39. The van der Waals surface area contributed by atoms with Crippen LogP contribution in [0.1, 0.15) is 65.7 Å². The molecule has 4 N–H and O–H groups in total. The molecule has 4 aliphatic rings. The lowest BCUT2D eigenvalue weighted by Gasteiger charge is -2.32. The Balaban J connectivity index is 1.48. The molecular weight excluding hydrogens is 626 g/mol. The van der Waals surface area contributed by atoms with Crippen LogP contribution in [0.4, 0.5) is 4.79 Å². The van der Waals surface area contributed by atoms with Gasteiger partial charge in [0.05, 0.1) is 11.3 Å². The standard InChI is InChI=1S/C30H40ClN5O8S/c1-17-7-4-5-8-19-15-30(19,27(39)35-45(42,43)29(3)10-11-29)34-24(37)22-14-20(44-25-21(31)9-6-12-32-25)16-36(22)26(38)23(18(2)13-17)33-28(40)41/h5-6,8-9,12,17-20,22-23,33H,4,7,10-11,13-16H2,1-3H3,(H,34,37)(H,35,39)(H,40,41)/b8-5-/t17-,18-,19-,20-,22+,23+,30-/m1/s1. The van der Waals surface area contributed by atoms with Crippen LogP contribution < -0.4 is 20.1 Å². The quantitative estimate of drug-likeness (QED) is 0.332. The maximum Gasteiger partial charge on any atom is 0.405 e. The van der Waals surface area contributed by atoms with Gasteiger partial charge in [0, 0.05) is 18.5 Å². The molecule has 2 aliphatic heterocycles. The van der Waals surface area contributed by atoms with Gasteiger partial charge in [-0.25, -0.2) is 18.2 Å². The highest BCUT2D eigenvalue weighted by molar-refractivity contribution is 7.91. The van der Waals surface area contributed by atoms with Crippen LogP contribution in [0.25, 0.3) is 0 Å². The number of hydrogen-bond donors (Lipinski definition) is 4. The summed E-state index contributed by atoms with van der Waals surface area (Å²) in [7, 11) is -3.98. The Bertz CT molecular complexity index is 1500. The van der Waals surface area contributed by atoms with Crippen LogP contribution in [0, 0.1) is 17.8 Å². The first kappa shape index (κ1) is 33.0. The van der Waals surface area contributed by atoms with Gasteiger partial charge in [-0.1, -0.05) is 37.6 Å². The maximum atomic E-state index is 14.1. The van der Waals surface area contributed by atoms with Crippen molar-refractivity contribution in [3.05, 3.63) is 35.5 Å². The second-order valence-electron chi connectivity index (χ2n) is 13.2. The SMILES string of the molecule is C[C@@H]1CC/C=C\[C@@H]2C[C@@]2(C(=O)NS(=O)(=O)C2(C)CC2)NC(=O)[C@@H]2C[C@@H](Oc3ncccc3Cl)CN2C(=O)[C@@H](NC(=O)O)[C@H](C)C1. The molecule has 13 nitrogen and oxygen atoms in total. The lowest BCUT2D eigenvalue weighted by atomic mass is 9.88. The fourth-order valence-corrected chi connectivity index (χ4v) is 7.82. The molecule has 0 aromatic carbocycles. The number of aromatic nitrogens is 1. The average molecular weight is 666 g/mol. The number of amides is 4. The average Bonchev–Trinajstić information content (AvgIpc) is 3.84. The third-order valence-corrected chi connectivity index (χ3v) is 12.0. The van der Waals surface area contributed by atoms with E-state index in [-0.39, 0.29) is 36.2 Å². The number of rotatable bonds is 6. The molecule has 246 valence electrons. The monoisotopic (exact) mass is 665 g/mol. The van der Waals surface area contributed by atoms with Crippen LogP contribution in [-0.2, 0) is 24.4 Å². The molecule has 0 radical (unpaired) electrons. The van der Waals surface area contributed by atoms with Crippen LogP contribution in [0.2, 0.25) is 5.02 Å². The minimum Gasteiger partial charge on any atom is -0.471 e. The summed E-state index contributed by atoms with van der Waals surface area (Å²) in [6.45, 7) is 5.32. The number of ether oxygens (including phenoxy) is 1. The third kappa shape index (κ3) is 6.91. The molecule has 15 heteroatoms. The number of carbonyl (C=O) groups is 4. The number of carboxylic acid groups (broad SMARTS) is 1. The summed E-state index contributed by atoms with van der Waals surface area (Å²) in [6.07, 6.45) is 6.14. The van der Waals surface area contributed by atoms with E-state index in [0.29, 0.717) is 25.7 Å². The summed E-state index contributed by atoms with van der Waals surface area (Å²) in [5.74, 6) is -2.69. The molecule has 3 heterocycles. The van der Waals surface area contributed by atoms with Gasteiger partial charge in [0.15, 0.2) is 0 Å². The van der Waals surface area contributed by atoms with Crippen LogP contribution in [-0.4, -0.2) is 82.2 Å². The van der Waals surface area contributed by atoms with Crippen LogP contribution in [0.15, 0.2) is 30.5 Å². The van der Waals surface area contributed by atoms with E-state index in [4.69, 9.17) is 16.3 Å². The second-order valence-corrected chi connectivity index (χ2v) is 15.8. The van der Waals surface area contributed by atoms with Crippen molar-refractivity contribution in [2.24, 2.45) is 17.8 Å². The number of hydrogen-bond acceptors (Lipinski definition) is 8. The summed E-state index contributed by atoms with van der Waals surface area (Å²) in [4.78, 5) is 59.0. The Morgan fingerprint density at radius 3 is 2.62 bits per heavy atom. The molecule has 3 fully saturated rings. The van der Waals surface area contributed by atoms with E-state index in [1.54, 1.807) is 26.0 Å². The van der Waals surface area contributed by atoms with Crippen molar-refractivity contribution < 1.29 is 37.4 Å². The summed E-state index contributed by atoms with van der Waals surface area (Å²) in [5, 5.41) is 15.0. The van der Waals surface area contributed by atoms with E-state index in [1.165, 1.54) is 11.1 Å². The van der Waals surface area contributed by atoms with Crippen molar-refractivity contribution in [2.75, 3.05) is 6.54 Å². The molecule has 1 aromatic heterocycles. The van der Waals surface area contributed by atoms with E-state index in [0.717, 1.165) is 6.42 Å². The largest absolute Gasteiger partial charge is 0.471 e. The van der Waals surface area contributed by atoms with E-state index in [9.17, 15) is 32.7 Å². The minimum absolute atomic E-state index is 0.00360. The zero-order chi connectivity index (χ0) is 32.7. The number of halogens is 1. The number of nitrogens with zero attached hydrogens (tertiary/aromatic N) is 2. The molecule has 45 heavy (non-hydrogen) atoms. The molecular formula is C30H40ClN5O8S. The van der Waals surface area contributed by atoms with Gasteiger partial charge in [-0.05, 0) is 69.4 Å². The first-order chi connectivity index (χ1) is 21.2. The summed E-state index contributed by atoms with van der Waals surface area (Å²) >= 11 is 6.25. The van der Waals surface area contributed by atoms with Gasteiger partial charge in [0.25, 0.3) is 5.91 Å². The normalized spacial score (nSPS) is 33.7. The maximum absolute atomic E-state index is 14.1. The molecule has 2 aliphatic carbocycles. The summed E-state index contributed by atoms with van der Waals surface area (Å²) < 4.78 is 33.1. The highest BCUT2D eigenvalue weighted by Gasteiger charge is 2.63. The number of allylic oxidation sites excluding steroid dienone is 1. The Morgan fingerprint density at radius 1 is 1.22 bits per heavy atom. The molecule has 0 bridgehead atoms. The van der Waals surface area contributed by atoms with Crippen molar-refractivity contribution in [1.82, 2.24) is 25.2 Å². The highest BCUT2D eigenvalue weighted by atomic mass is 35.5. The first-order valence-corrected chi connectivity index (χ1v) is 17.1. The van der Waals surface area contributed by atoms with Crippen molar-refractivity contribution in [3.63, 3.8) is 0 Å². The van der Waals surface area contributed by atoms with Gasteiger partial charge in [-0.15, -0.1) is 0 Å². The second kappa shape index (κ2) is 12.4. The Kier molecular flexibility index (Phi) is 9.11. The third-order valence-electron chi connectivity index (χ3n) is 9.53. The van der Waals surface area contributed by atoms with E-state index < -0.39 is 74.1 Å². The Morgan fingerprint density at radius 2 is 1.96 bits per heavy atom. The molecule has 5 rings (SSSR count). The van der Waals surface area contributed by atoms with Crippen molar-refractivity contribution >= 4 is 45.4 Å². The smallest absolute Gasteiger partial charge is 0.405 e. The van der Waals surface area contributed by atoms with Gasteiger partial charge in [0.2, 0.25) is 27.7 Å². The van der Waals surface area contributed by atoms with Crippen molar-refractivity contribution in [2.45, 2.75) is 94.2 Å². The fourth-order valence-electron chi connectivity index (χ4n) is 6.35. The summed E-state index contributed by atoms with van der Waals surface area (Å²) in [5.41, 5.74) is -1.53. The molecule has 1 saturated heterocycles. The Labute approximate surface area is 267 Å². The molecule has 4 amide bonds. The van der Waals surface area contributed by atoms with Gasteiger partial charge in [0.1, 0.15) is 28.7 Å². The van der Waals surface area contributed by atoms with E-state index in [1.807, 2.05) is 19.1 Å². The topological polar surface area (TPSA) is 184 Å². The molecule has 7 atom stereocenters. The van der Waals surface area contributed by atoms with Gasteiger partial charge in [-0.2, -0.15) is 0 Å². The number of pyridine rings is 1. The van der Waals surface area contributed by atoms with E-state index >= 15 is 0 Å². The first-order valence-electron chi connectivity index (χ1n) is 15.3. The molecule has 0 spiro atoms. The lowest BCUT2D eigenvalue weighted by molar-refractivity contribution is -0.142. The van der Waals surface area contributed by atoms with Crippen molar-refractivity contribution in [3.8, 4) is 5.88 Å². The molecule has 0 unspecified atom stereocenters. The molecule has 1 aromatic rings. The van der Waals surface area contributed by atoms with Crippen LogP contribution in [0.3, 0.4) is 0 Å².